The van der Waals surface area contributed by atoms with Gasteiger partial charge in [0.2, 0.25) is 11.8 Å². The van der Waals surface area contributed by atoms with Crippen LogP contribution in [0.15, 0.2) is 36.4 Å². The molecule has 4 fully saturated rings. The number of halogens is 2. The predicted octanol–water partition coefficient (Wildman–Crippen LogP) is 9.68. The van der Waals surface area contributed by atoms with Crippen LogP contribution in [0.1, 0.15) is 91.4 Å². The van der Waals surface area contributed by atoms with Crippen LogP contribution >= 0.6 is 23.2 Å². The Balaban J connectivity index is 1.05. The highest BCUT2D eigenvalue weighted by molar-refractivity contribution is 6.29. The summed E-state index contributed by atoms with van der Waals surface area (Å²) < 4.78 is 12.2. The van der Waals surface area contributed by atoms with Crippen LogP contribution in [-0.2, 0) is 0 Å². The molecule has 40 heavy (non-hydrogen) atoms. The molecule has 0 spiro atoms. The first kappa shape index (κ1) is 28.6. The molecule has 0 aromatic carbocycles. The van der Waals surface area contributed by atoms with E-state index in [2.05, 4.69) is 30.7 Å². The summed E-state index contributed by atoms with van der Waals surface area (Å²) in [4.78, 5) is 8.65. The second-order valence-corrected chi connectivity index (χ2v) is 14.7. The minimum atomic E-state index is 0.268. The van der Waals surface area contributed by atoms with E-state index >= 15 is 0 Å². The van der Waals surface area contributed by atoms with Crippen LogP contribution in [0.2, 0.25) is 10.3 Å². The number of nitrogens with zero attached hydrogens (tertiary/aromatic N) is 2. The Kier molecular flexibility index (Phi) is 8.32. The lowest BCUT2D eigenvalue weighted by Crippen LogP contribution is -2.54. The van der Waals surface area contributed by atoms with Gasteiger partial charge in [-0.05, 0) is 129 Å². The van der Waals surface area contributed by atoms with Crippen molar-refractivity contribution in [2.45, 2.75) is 97.5 Å². The first-order valence-corrected chi connectivity index (χ1v) is 16.6. The first-order chi connectivity index (χ1) is 19.3. The number of hydrogen-bond donors (Lipinski definition) is 0. The van der Waals surface area contributed by atoms with Crippen LogP contribution in [0.5, 0.6) is 11.8 Å². The minimum absolute atomic E-state index is 0.268. The van der Waals surface area contributed by atoms with E-state index in [9.17, 15) is 0 Å². The fourth-order valence-electron chi connectivity index (χ4n) is 10.2. The molecular weight excluding hydrogens is 539 g/mol. The highest BCUT2D eigenvalue weighted by atomic mass is 35.5. The van der Waals surface area contributed by atoms with Crippen molar-refractivity contribution < 1.29 is 9.47 Å². The van der Waals surface area contributed by atoms with E-state index in [1.54, 1.807) is 6.07 Å². The highest BCUT2D eigenvalue weighted by Gasteiger charge is 2.60. The molecule has 2 heterocycles. The van der Waals surface area contributed by atoms with E-state index in [0.717, 1.165) is 48.3 Å². The van der Waals surface area contributed by atoms with Crippen molar-refractivity contribution >= 4 is 23.2 Å². The maximum atomic E-state index is 6.35. The van der Waals surface area contributed by atoms with E-state index in [1.165, 1.54) is 57.8 Å². The standard InChI is InChI=1S/C34H46Cl2N2O2/c1-22(7-6-20-39-31-10-4-8-29(35)37-31)26-14-15-27-25-13-12-23-21-24(40-32-11-5-9-30(36)38-32)16-18-33(23,2)28(25)17-19-34(26,27)3/h4-5,8-11,22-28H,6-7,12-21H2,1-3H3/t22-,23?,24?,25+,26-,27+,28+,33+,34-/m1/s1. The molecule has 0 radical (unpaired) electrons. The number of rotatable bonds is 8. The zero-order valence-corrected chi connectivity index (χ0v) is 26.0. The number of fused-ring (bicyclic) bond motifs is 5. The molecule has 6 heteroatoms. The zero-order chi connectivity index (χ0) is 27.9. The molecule has 4 saturated carbocycles. The minimum Gasteiger partial charge on any atom is -0.478 e. The Hall–Kier alpha value is -1.52. The third-order valence-corrected chi connectivity index (χ3v) is 12.5. The van der Waals surface area contributed by atoms with Gasteiger partial charge in [-0.25, -0.2) is 9.97 Å². The summed E-state index contributed by atoms with van der Waals surface area (Å²) in [7, 11) is 0. The summed E-state index contributed by atoms with van der Waals surface area (Å²) >= 11 is 12.1. The monoisotopic (exact) mass is 584 g/mol. The van der Waals surface area contributed by atoms with Crippen LogP contribution in [0.25, 0.3) is 0 Å². The van der Waals surface area contributed by atoms with E-state index in [1.807, 2.05) is 30.3 Å². The van der Waals surface area contributed by atoms with Crippen LogP contribution in [-0.4, -0.2) is 22.7 Å². The lowest BCUT2D eigenvalue weighted by Gasteiger charge is -2.61. The fraction of sp³-hybridized carbons (Fsp3) is 0.706. The Morgan fingerprint density at radius 1 is 0.850 bits per heavy atom. The molecule has 0 N–H and O–H groups in total. The maximum Gasteiger partial charge on any atom is 0.214 e. The smallest absolute Gasteiger partial charge is 0.214 e. The van der Waals surface area contributed by atoms with Crippen molar-refractivity contribution in [1.82, 2.24) is 9.97 Å². The van der Waals surface area contributed by atoms with Crippen molar-refractivity contribution in [3.63, 3.8) is 0 Å². The third-order valence-electron chi connectivity index (χ3n) is 12.1. The van der Waals surface area contributed by atoms with Crippen molar-refractivity contribution in [3.8, 4) is 11.8 Å². The molecule has 4 aliphatic rings. The maximum absolute atomic E-state index is 6.35. The lowest BCUT2D eigenvalue weighted by molar-refractivity contribution is -0.127. The summed E-state index contributed by atoms with van der Waals surface area (Å²) in [6, 6.07) is 11.3. The second kappa shape index (κ2) is 11.6. The van der Waals surface area contributed by atoms with Gasteiger partial charge in [0.25, 0.3) is 0 Å². The van der Waals surface area contributed by atoms with Gasteiger partial charge in [0, 0.05) is 12.1 Å². The topological polar surface area (TPSA) is 44.2 Å². The van der Waals surface area contributed by atoms with Crippen LogP contribution < -0.4 is 9.47 Å². The molecule has 2 aromatic rings. The Labute approximate surface area is 250 Å². The molecule has 218 valence electrons. The fourth-order valence-corrected chi connectivity index (χ4v) is 10.5. The first-order valence-electron chi connectivity index (χ1n) is 15.8. The van der Waals surface area contributed by atoms with Crippen LogP contribution in [0, 0.1) is 46.3 Å². The van der Waals surface area contributed by atoms with Gasteiger partial charge < -0.3 is 9.47 Å². The molecule has 0 bridgehead atoms. The lowest BCUT2D eigenvalue weighted by atomic mass is 9.44. The van der Waals surface area contributed by atoms with Gasteiger partial charge in [0.1, 0.15) is 16.4 Å². The molecule has 4 aliphatic carbocycles. The van der Waals surface area contributed by atoms with Gasteiger partial charge in [0.05, 0.1) is 6.61 Å². The molecule has 2 unspecified atom stereocenters. The van der Waals surface area contributed by atoms with Gasteiger partial charge in [-0.2, -0.15) is 0 Å². The molecule has 2 aromatic heterocycles. The summed E-state index contributed by atoms with van der Waals surface area (Å²) in [6.45, 7) is 8.55. The summed E-state index contributed by atoms with van der Waals surface area (Å²) in [6.07, 6.45) is 14.6. The molecule has 6 rings (SSSR count). The average molecular weight is 586 g/mol. The summed E-state index contributed by atoms with van der Waals surface area (Å²) in [5, 5.41) is 1.00. The molecule has 0 saturated heterocycles. The van der Waals surface area contributed by atoms with Crippen molar-refractivity contribution in [1.29, 1.82) is 0 Å². The van der Waals surface area contributed by atoms with E-state index in [-0.39, 0.29) is 6.10 Å². The van der Waals surface area contributed by atoms with Crippen molar-refractivity contribution in [2.75, 3.05) is 6.61 Å². The predicted molar refractivity (Wildman–Crippen MR) is 162 cm³/mol. The molecular formula is C34H46Cl2N2O2. The number of aromatic nitrogens is 2. The molecule has 0 amide bonds. The molecule has 0 aliphatic heterocycles. The Morgan fingerprint density at radius 2 is 1.55 bits per heavy atom. The third kappa shape index (κ3) is 5.49. The van der Waals surface area contributed by atoms with Gasteiger partial charge >= 0.3 is 0 Å². The van der Waals surface area contributed by atoms with Crippen LogP contribution in [0.4, 0.5) is 0 Å². The number of pyridine rings is 2. The number of ether oxygens (including phenoxy) is 2. The van der Waals surface area contributed by atoms with Crippen molar-refractivity contribution in [3.05, 3.63) is 46.7 Å². The van der Waals surface area contributed by atoms with Gasteiger partial charge in [-0.3, -0.25) is 0 Å². The molecule has 9 atom stereocenters. The quantitative estimate of drug-likeness (QED) is 0.229. The van der Waals surface area contributed by atoms with Gasteiger partial charge in [-0.1, -0.05) is 56.1 Å². The average Bonchev–Trinajstić information content (AvgIpc) is 3.29. The van der Waals surface area contributed by atoms with E-state index < -0.39 is 0 Å². The zero-order valence-electron chi connectivity index (χ0n) is 24.5. The van der Waals surface area contributed by atoms with Gasteiger partial charge in [0.15, 0.2) is 0 Å². The number of hydrogen-bond acceptors (Lipinski definition) is 4. The Bertz CT molecular complexity index is 1180. The summed E-state index contributed by atoms with van der Waals surface area (Å²) in [5.41, 5.74) is 0.957. The van der Waals surface area contributed by atoms with Crippen LogP contribution in [0.3, 0.4) is 0 Å². The molecule has 4 nitrogen and oxygen atoms in total. The SMILES string of the molecule is C[C@H](CCCOc1cccc(Cl)n1)[C@H]1CC[C@H]2[C@@H]3CCC4CC(Oc5cccc(Cl)n5)CC[C@]4(C)[C@H]3CC[C@]12C. The highest BCUT2D eigenvalue weighted by Crippen LogP contribution is 2.68. The van der Waals surface area contributed by atoms with E-state index in [0.29, 0.717) is 39.5 Å². The largest absolute Gasteiger partial charge is 0.478 e. The van der Waals surface area contributed by atoms with Gasteiger partial charge in [-0.15, -0.1) is 0 Å². The second-order valence-electron chi connectivity index (χ2n) is 14.0. The Morgan fingerprint density at radius 3 is 2.33 bits per heavy atom. The normalized spacial score (nSPS) is 37.6. The van der Waals surface area contributed by atoms with E-state index in [4.69, 9.17) is 32.7 Å². The summed E-state index contributed by atoms with van der Waals surface area (Å²) in [5.74, 6) is 6.34. The van der Waals surface area contributed by atoms with Crippen molar-refractivity contribution in [2.24, 2.45) is 46.3 Å².